The molecule has 5 aromatic rings. The topological polar surface area (TPSA) is 77.3 Å². The van der Waals surface area contributed by atoms with Crippen LogP contribution in [-0.4, -0.2) is 37.8 Å². The van der Waals surface area contributed by atoms with Crippen LogP contribution in [0.15, 0.2) is 60.9 Å². The van der Waals surface area contributed by atoms with Gasteiger partial charge in [-0.25, -0.2) is 4.98 Å². The van der Waals surface area contributed by atoms with Gasteiger partial charge in [-0.15, -0.1) is 5.10 Å². The Hall–Kier alpha value is -3.87. The van der Waals surface area contributed by atoms with E-state index in [4.69, 9.17) is 14.6 Å². The molecule has 0 bridgehead atoms. The summed E-state index contributed by atoms with van der Waals surface area (Å²) >= 11 is 0. The van der Waals surface area contributed by atoms with Gasteiger partial charge in [0.15, 0.2) is 17.3 Å². The van der Waals surface area contributed by atoms with Crippen molar-refractivity contribution in [1.82, 2.24) is 24.6 Å². The average molecular weight is 425 g/mol. The van der Waals surface area contributed by atoms with Crippen molar-refractivity contribution in [2.45, 2.75) is 25.7 Å². The molecule has 0 saturated carbocycles. The van der Waals surface area contributed by atoms with Crippen molar-refractivity contribution in [2.75, 3.05) is 13.2 Å². The molecule has 2 aromatic carbocycles. The number of aromatic amines is 1. The third kappa shape index (κ3) is 3.45. The van der Waals surface area contributed by atoms with Crippen molar-refractivity contribution in [3.05, 3.63) is 72.3 Å². The van der Waals surface area contributed by atoms with Crippen molar-refractivity contribution < 1.29 is 9.47 Å². The summed E-state index contributed by atoms with van der Waals surface area (Å²) in [7, 11) is 0. The third-order valence-corrected chi connectivity index (χ3v) is 5.85. The zero-order chi connectivity index (χ0) is 21.3. The Balaban J connectivity index is 1.24. The summed E-state index contributed by atoms with van der Waals surface area (Å²) in [4.78, 5) is 12.4. The van der Waals surface area contributed by atoms with Crippen LogP contribution in [-0.2, 0) is 12.8 Å². The van der Waals surface area contributed by atoms with E-state index in [1.54, 1.807) is 6.20 Å². The van der Waals surface area contributed by atoms with E-state index >= 15 is 0 Å². The van der Waals surface area contributed by atoms with Gasteiger partial charge < -0.3 is 14.5 Å². The number of nitrogens with one attached hydrogen (secondary N) is 1. The lowest BCUT2D eigenvalue weighted by Gasteiger charge is -2.10. The van der Waals surface area contributed by atoms with Gasteiger partial charge in [-0.05, 0) is 48.7 Å². The number of hydrogen-bond acceptors (Lipinski definition) is 5. The van der Waals surface area contributed by atoms with Gasteiger partial charge in [-0.2, -0.15) is 9.50 Å². The number of aryl methyl sites for hydroxylation is 2. The number of ether oxygens (including phenoxy) is 2. The second-order valence-corrected chi connectivity index (χ2v) is 7.99. The molecule has 0 radical (unpaired) electrons. The molecule has 1 aliphatic heterocycles. The van der Waals surface area contributed by atoms with Crippen LogP contribution >= 0.6 is 0 Å². The molecule has 6 rings (SSSR count). The van der Waals surface area contributed by atoms with E-state index in [-0.39, 0.29) is 0 Å². The molecule has 0 aliphatic carbocycles. The Morgan fingerprint density at radius 3 is 2.84 bits per heavy atom. The van der Waals surface area contributed by atoms with Gasteiger partial charge in [0.1, 0.15) is 0 Å². The van der Waals surface area contributed by atoms with E-state index in [9.17, 15) is 0 Å². The molecule has 0 spiro atoms. The highest BCUT2D eigenvalue weighted by Gasteiger charge is 2.15. The largest absolute Gasteiger partial charge is 0.490 e. The first kappa shape index (κ1) is 18.9. The lowest BCUT2D eigenvalue weighted by molar-refractivity contribution is 0.297. The van der Waals surface area contributed by atoms with Crippen LogP contribution in [0.3, 0.4) is 0 Å². The molecular weight excluding hydrogens is 402 g/mol. The van der Waals surface area contributed by atoms with Gasteiger partial charge in [0.2, 0.25) is 0 Å². The lowest BCUT2D eigenvalue weighted by atomic mass is 10.1. The lowest BCUT2D eigenvalue weighted by Crippen LogP contribution is -1.98. The minimum Gasteiger partial charge on any atom is -0.490 e. The van der Waals surface area contributed by atoms with Crippen LogP contribution in [0.1, 0.15) is 24.2 Å². The summed E-state index contributed by atoms with van der Waals surface area (Å²) in [5.41, 5.74) is 4.44. The molecule has 0 saturated heterocycles. The molecule has 0 unspecified atom stereocenters. The highest BCUT2D eigenvalue weighted by molar-refractivity contribution is 5.83. The molecule has 0 amide bonds. The smallest absolute Gasteiger partial charge is 0.252 e. The number of fused-ring (bicyclic) bond motifs is 3. The van der Waals surface area contributed by atoms with Crippen LogP contribution in [0.4, 0.5) is 0 Å². The fourth-order valence-electron chi connectivity index (χ4n) is 4.26. The number of para-hydroxylation sites is 1. The van der Waals surface area contributed by atoms with Crippen molar-refractivity contribution >= 4 is 16.7 Å². The molecule has 4 heterocycles. The number of benzene rings is 2. The van der Waals surface area contributed by atoms with Gasteiger partial charge in [0, 0.05) is 41.7 Å². The van der Waals surface area contributed by atoms with Gasteiger partial charge in [-0.1, -0.05) is 18.2 Å². The normalized spacial score (nSPS) is 13.5. The Morgan fingerprint density at radius 2 is 1.88 bits per heavy atom. The standard InChI is InChI=1S/C25H23N5O2/c1-2-7-20-19(6-1)18(16-27-20)5-3-8-24-28-25-26-12-11-21(30(25)29-24)17-9-10-22-23(15-17)32-14-4-13-31-22/h1-2,6-7,9-12,15-16,27H,3-5,8,13-14H2. The minimum absolute atomic E-state index is 0.608. The van der Waals surface area contributed by atoms with Gasteiger partial charge >= 0.3 is 0 Å². The summed E-state index contributed by atoms with van der Waals surface area (Å²) in [6, 6.07) is 16.4. The predicted molar refractivity (Wildman–Crippen MR) is 122 cm³/mol. The Labute approximate surface area is 185 Å². The van der Waals surface area contributed by atoms with E-state index < -0.39 is 0 Å². The molecule has 32 heavy (non-hydrogen) atoms. The van der Waals surface area contributed by atoms with E-state index in [2.05, 4.69) is 45.4 Å². The maximum Gasteiger partial charge on any atom is 0.252 e. The van der Waals surface area contributed by atoms with Gasteiger partial charge in [0.25, 0.3) is 5.78 Å². The zero-order valence-electron chi connectivity index (χ0n) is 17.6. The van der Waals surface area contributed by atoms with Crippen molar-refractivity contribution in [2.24, 2.45) is 0 Å². The molecule has 7 nitrogen and oxygen atoms in total. The Bertz CT molecular complexity index is 1400. The SMILES string of the molecule is c1ccc2c(CCCc3nc4nccc(-c5ccc6c(c5)OCCCO6)n4n3)c[nH]c2c1. The average Bonchev–Trinajstić information content (AvgIpc) is 3.35. The molecule has 160 valence electrons. The van der Waals surface area contributed by atoms with Crippen LogP contribution in [0, 0.1) is 0 Å². The summed E-state index contributed by atoms with van der Waals surface area (Å²) in [5, 5.41) is 6.05. The number of H-pyrrole nitrogens is 1. The summed E-state index contributed by atoms with van der Waals surface area (Å²) in [6.45, 7) is 1.34. The van der Waals surface area contributed by atoms with Crippen LogP contribution in [0.25, 0.3) is 27.9 Å². The molecule has 1 N–H and O–H groups in total. The first-order valence-corrected chi connectivity index (χ1v) is 11.0. The predicted octanol–water partition coefficient (Wildman–Crippen LogP) is 4.61. The van der Waals surface area contributed by atoms with E-state index in [0.717, 1.165) is 54.3 Å². The number of hydrogen-bond donors (Lipinski definition) is 1. The van der Waals surface area contributed by atoms with E-state index in [1.807, 2.05) is 28.8 Å². The molecule has 7 heteroatoms. The molecule has 0 atom stereocenters. The number of nitrogens with zero attached hydrogens (tertiary/aromatic N) is 4. The highest BCUT2D eigenvalue weighted by atomic mass is 16.5. The number of rotatable bonds is 5. The van der Waals surface area contributed by atoms with E-state index in [0.29, 0.717) is 19.0 Å². The fraction of sp³-hybridized carbons (Fsp3) is 0.240. The zero-order valence-corrected chi connectivity index (χ0v) is 17.6. The molecule has 3 aromatic heterocycles. The minimum atomic E-state index is 0.608. The first-order chi connectivity index (χ1) is 15.8. The Morgan fingerprint density at radius 1 is 0.969 bits per heavy atom. The first-order valence-electron chi connectivity index (χ1n) is 11.0. The maximum atomic E-state index is 5.86. The second-order valence-electron chi connectivity index (χ2n) is 7.99. The molecular formula is C25H23N5O2. The second kappa shape index (κ2) is 8.00. The van der Waals surface area contributed by atoms with Crippen molar-refractivity contribution in [3.63, 3.8) is 0 Å². The highest BCUT2D eigenvalue weighted by Crippen LogP contribution is 2.34. The summed E-state index contributed by atoms with van der Waals surface area (Å²) < 4.78 is 13.4. The third-order valence-electron chi connectivity index (χ3n) is 5.85. The van der Waals surface area contributed by atoms with Crippen molar-refractivity contribution in [1.29, 1.82) is 0 Å². The van der Waals surface area contributed by atoms with E-state index in [1.165, 1.54) is 16.5 Å². The Kier molecular flexibility index (Phi) is 4.71. The van der Waals surface area contributed by atoms with Crippen LogP contribution in [0.2, 0.25) is 0 Å². The number of aromatic nitrogens is 5. The summed E-state index contributed by atoms with van der Waals surface area (Å²) in [5.74, 6) is 2.97. The molecule has 0 fully saturated rings. The van der Waals surface area contributed by atoms with Crippen molar-refractivity contribution in [3.8, 4) is 22.8 Å². The van der Waals surface area contributed by atoms with Crippen LogP contribution < -0.4 is 9.47 Å². The van der Waals surface area contributed by atoms with Gasteiger partial charge in [-0.3, -0.25) is 0 Å². The summed E-state index contributed by atoms with van der Waals surface area (Å²) in [6.07, 6.45) is 7.50. The van der Waals surface area contributed by atoms with Crippen LogP contribution in [0.5, 0.6) is 11.5 Å². The fourth-order valence-corrected chi connectivity index (χ4v) is 4.26. The molecule has 1 aliphatic rings. The quantitative estimate of drug-likeness (QED) is 0.445. The maximum absolute atomic E-state index is 5.86. The monoisotopic (exact) mass is 425 g/mol. The van der Waals surface area contributed by atoms with Gasteiger partial charge in [0.05, 0.1) is 18.9 Å².